The highest BCUT2D eigenvalue weighted by atomic mass is 35.5. The molecule has 1 aromatic carbocycles. The third-order valence-electron chi connectivity index (χ3n) is 3.18. The lowest BCUT2D eigenvalue weighted by molar-refractivity contribution is -0.385. The largest absolute Gasteiger partial charge is 0.351 e. The number of amides is 1. The second kappa shape index (κ2) is 4.57. The molecule has 0 aliphatic heterocycles. The number of hydrogen-bond donors (Lipinski definition) is 1. The van der Waals surface area contributed by atoms with E-state index in [-0.39, 0.29) is 16.7 Å². The van der Waals surface area contributed by atoms with Crippen LogP contribution in [0.5, 0.6) is 0 Å². The Balaban J connectivity index is 2.17. The Bertz CT molecular complexity index is 512. The van der Waals surface area contributed by atoms with Gasteiger partial charge in [-0.3, -0.25) is 14.9 Å². The van der Waals surface area contributed by atoms with E-state index in [2.05, 4.69) is 12.2 Å². The van der Waals surface area contributed by atoms with E-state index in [4.69, 9.17) is 11.6 Å². The van der Waals surface area contributed by atoms with Crippen molar-refractivity contribution in [2.75, 3.05) is 6.54 Å². The topological polar surface area (TPSA) is 72.2 Å². The van der Waals surface area contributed by atoms with Gasteiger partial charge in [-0.05, 0) is 30.4 Å². The molecule has 0 radical (unpaired) electrons. The number of nitro groups is 1. The van der Waals surface area contributed by atoms with Crippen LogP contribution in [-0.4, -0.2) is 17.4 Å². The highest BCUT2D eigenvalue weighted by molar-refractivity contribution is 6.31. The zero-order valence-corrected chi connectivity index (χ0v) is 10.7. The molecule has 1 N–H and O–H groups in total. The van der Waals surface area contributed by atoms with Crippen molar-refractivity contribution in [2.45, 2.75) is 19.8 Å². The van der Waals surface area contributed by atoms with Crippen LogP contribution < -0.4 is 5.32 Å². The number of carbonyl (C=O) groups is 1. The first kappa shape index (κ1) is 12.8. The molecule has 0 unspecified atom stereocenters. The summed E-state index contributed by atoms with van der Waals surface area (Å²) in [5, 5.41) is 13.9. The average Bonchev–Trinajstić information content (AvgIpc) is 3.04. The summed E-state index contributed by atoms with van der Waals surface area (Å²) in [6.45, 7) is 2.61. The Morgan fingerprint density at radius 1 is 1.56 bits per heavy atom. The van der Waals surface area contributed by atoms with Crippen molar-refractivity contribution in [3.63, 3.8) is 0 Å². The lowest BCUT2D eigenvalue weighted by Gasteiger charge is -2.10. The van der Waals surface area contributed by atoms with Crippen molar-refractivity contribution < 1.29 is 9.72 Å². The molecule has 96 valence electrons. The summed E-state index contributed by atoms with van der Waals surface area (Å²) in [4.78, 5) is 22.2. The van der Waals surface area contributed by atoms with Gasteiger partial charge in [-0.25, -0.2) is 0 Å². The zero-order valence-electron chi connectivity index (χ0n) is 9.90. The van der Waals surface area contributed by atoms with Gasteiger partial charge in [0, 0.05) is 17.6 Å². The highest BCUT2D eigenvalue weighted by Gasteiger charge is 2.37. The second-order valence-electron chi connectivity index (χ2n) is 4.91. The maximum Gasteiger partial charge on any atom is 0.282 e. The van der Waals surface area contributed by atoms with Crippen LogP contribution in [0.25, 0.3) is 0 Å². The molecule has 2 rings (SSSR count). The number of carbonyl (C=O) groups excluding carboxylic acids is 1. The maximum absolute atomic E-state index is 11.9. The Morgan fingerprint density at radius 2 is 2.22 bits per heavy atom. The standard InChI is InChI=1S/C12H13ClN2O3/c1-12(4-5-12)7-14-11(16)9-6-8(13)2-3-10(9)15(17)18/h2-3,6H,4-5,7H2,1H3,(H,14,16). The van der Waals surface area contributed by atoms with Gasteiger partial charge in [0.1, 0.15) is 5.56 Å². The minimum absolute atomic E-state index is 0.0109. The number of halogens is 1. The molecule has 0 atom stereocenters. The summed E-state index contributed by atoms with van der Waals surface area (Å²) in [5.74, 6) is -0.447. The molecular formula is C12H13ClN2O3. The van der Waals surface area contributed by atoms with E-state index >= 15 is 0 Å². The van der Waals surface area contributed by atoms with Gasteiger partial charge in [-0.2, -0.15) is 0 Å². The van der Waals surface area contributed by atoms with E-state index in [0.29, 0.717) is 11.6 Å². The molecule has 6 heteroatoms. The Kier molecular flexibility index (Phi) is 3.26. The van der Waals surface area contributed by atoms with Crippen molar-refractivity contribution in [2.24, 2.45) is 5.41 Å². The zero-order chi connectivity index (χ0) is 13.3. The van der Waals surface area contributed by atoms with Crippen LogP contribution in [0, 0.1) is 15.5 Å². The lowest BCUT2D eigenvalue weighted by atomic mass is 10.1. The van der Waals surface area contributed by atoms with E-state index < -0.39 is 10.8 Å². The predicted molar refractivity (Wildman–Crippen MR) is 67.8 cm³/mol. The fraction of sp³-hybridized carbons (Fsp3) is 0.417. The third kappa shape index (κ3) is 2.79. The first-order chi connectivity index (χ1) is 8.41. The van der Waals surface area contributed by atoms with Gasteiger partial charge in [-0.1, -0.05) is 18.5 Å². The summed E-state index contributed by atoms with van der Waals surface area (Å²) >= 11 is 5.77. The third-order valence-corrected chi connectivity index (χ3v) is 3.41. The quantitative estimate of drug-likeness (QED) is 0.674. The number of nitrogens with one attached hydrogen (secondary N) is 1. The molecule has 1 amide bonds. The molecular weight excluding hydrogens is 256 g/mol. The first-order valence-electron chi connectivity index (χ1n) is 5.63. The Hall–Kier alpha value is -1.62. The summed E-state index contributed by atoms with van der Waals surface area (Å²) in [6, 6.07) is 3.97. The number of benzene rings is 1. The molecule has 1 aliphatic rings. The van der Waals surface area contributed by atoms with Crippen LogP contribution in [0.3, 0.4) is 0 Å². The van der Waals surface area contributed by atoms with Crippen LogP contribution in [-0.2, 0) is 0 Å². The number of rotatable bonds is 4. The molecule has 0 saturated heterocycles. The van der Waals surface area contributed by atoms with Crippen molar-refractivity contribution in [3.05, 3.63) is 38.9 Å². The maximum atomic E-state index is 11.9. The summed E-state index contributed by atoms with van der Waals surface area (Å²) in [7, 11) is 0. The van der Waals surface area contributed by atoms with E-state index in [1.165, 1.54) is 18.2 Å². The summed E-state index contributed by atoms with van der Waals surface area (Å²) in [6.07, 6.45) is 2.15. The monoisotopic (exact) mass is 268 g/mol. The minimum atomic E-state index is -0.579. The van der Waals surface area contributed by atoms with Crippen molar-refractivity contribution in [3.8, 4) is 0 Å². The van der Waals surface area contributed by atoms with Crippen LogP contribution in [0.2, 0.25) is 5.02 Å². The van der Waals surface area contributed by atoms with E-state index in [9.17, 15) is 14.9 Å². The fourth-order valence-corrected chi connectivity index (χ4v) is 1.80. The molecule has 1 fully saturated rings. The summed E-state index contributed by atoms with van der Waals surface area (Å²) < 4.78 is 0. The average molecular weight is 269 g/mol. The molecule has 1 saturated carbocycles. The second-order valence-corrected chi connectivity index (χ2v) is 5.35. The smallest absolute Gasteiger partial charge is 0.282 e. The Labute approximate surface area is 109 Å². The molecule has 0 heterocycles. The Morgan fingerprint density at radius 3 is 2.78 bits per heavy atom. The van der Waals surface area contributed by atoms with E-state index in [0.717, 1.165) is 12.8 Å². The highest BCUT2D eigenvalue weighted by Crippen LogP contribution is 2.44. The number of nitrogens with zero attached hydrogens (tertiary/aromatic N) is 1. The van der Waals surface area contributed by atoms with Gasteiger partial charge in [0.25, 0.3) is 11.6 Å². The normalized spacial score (nSPS) is 16.1. The van der Waals surface area contributed by atoms with Gasteiger partial charge in [0.05, 0.1) is 4.92 Å². The SMILES string of the molecule is CC1(CNC(=O)c2cc(Cl)ccc2[N+](=O)[O-])CC1. The molecule has 1 aromatic rings. The lowest BCUT2D eigenvalue weighted by Crippen LogP contribution is -2.29. The number of hydrogen-bond acceptors (Lipinski definition) is 3. The number of nitro benzene ring substituents is 1. The fourth-order valence-electron chi connectivity index (χ4n) is 1.63. The van der Waals surface area contributed by atoms with Crippen LogP contribution in [0.1, 0.15) is 30.1 Å². The van der Waals surface area contributed by atoms with Gasteiger partial charge < -0.3 is 5.32 Å². The first-order valence-corrected chi connectivity index (χ1v) is 6.01. The van der Waals surface area contributed by atoms with Crippen molar-refractivity contribution in [1.82, 2.24) is 5.32 Å². The van der Waals surface area contributed by atoms with E-state index in [1.54, 1.807) is 0 Å². The predicted octanol–water partition coefficient (Wildman–Crippen LogP) is 2.78. The minimum Gasteiger partial charge on any atom is -0.351 e. The van der Waals surface area contributed by atoms with Gasteiger partial charge >= 0.3 is 0 Å². The molecule has 1 aliphatic carbocycles. The molecule has 0 bridgehead atoms. The van der Waals surface area contributed by atoms with Gasteiger partial charge in [-0.15, -0.1) is 0 Å². The van der Waals surface area contributed by atoms with Crippen LogP contribution in [0.15, 0.2) is 18.2 Å². The molecule has 18 heavy (non-hydrogen) atoms. The molecule has 0 spiro atoms. The van der Waals surface area contributed by atoms with Gasteiger partial charge in [0.15, 0.2) is 0 Å². The molecule has 5 nitrogen and oxygen atoms in total. The van der Waals surface area contributed by atoms with Crippen molar-refractivity contribution >= 4 is 23.2 Å². The summed E-state index contributed by atoms with van der Waals surface area (Å²) in [5.41, 5.74) is -0.0576. The van der Waals surface area contributed by atoms with Crippen molar-refractivity contribution in [1.29, 1.82) is 0 Å². The van der Waals surface area contributed by atoms with Gasteiger partial charge in [0.2, 0.25) is 0 Å². The van der Waals surface area contributed by atoms with Crippen LogP contribution >= 0.6 is 11.6 Å². The molecule has 0 aromatic heterocycles. The van der Waals surface area contributed by atoms with E-state index in [1.807, 2.05) is 0 Å². The van der Waals surface area contributed by atoms with Crippen LogP contribution in [0.4, 0.5) is 5.69 Å².